The van der Waals surface area contributed by atoms with E-state index in [4.69, 9.17) is 32.7 Å². The molecule has 2 aromatic carbocycles. The summed E-state index contributed by atoms with van der Waals surface area (Å²) in [4.78, 5) is 33.6. The molecule has 0 saturated heterocycles. The van der Waals surface area contributed by atoms with Crippen molar-refractivity contribution in [3.63, 3.8) is 0 Å². The summed E-state index contributed by atoms with van der Waals surface area (Å²) < 4.78 is 9.81. The number of hydrogen-bond acceptors (Lipinski definition) is 6. The Morgan fingerprint density at radius 2 is 1.81 bits per heavy atom. The molecule has 0 saturated carbocycles. The highest BCUT2D eigenvalue weighted by atomic mass is 35.5. The summed E-state index contributed by atoms with van der Waals surface area (Å²) >= 11 is 11.8. The normalized spacial score (nSPS) is 10.1. The van der Waals surface area contributed by atoms with E-state index in [9.17, 15) is 19.7 Å². The molecule has 0 spiro atoms. The fourth-order valence-corrected chi connectivity index (χ4v) is 2.19. The number of benzene rings is 2. The standard InChI is InChI=1S/C16H12Cl2N2O6/c17-10-4-3-5-11(16(10)18)19-14(21)8-26-15(22)9-25-13-7-2-1-6-12(13)20(23)24/h1-7H,8-9H2,(H,19,21). The Bertz CT molecular complexity index is 843. The van der Waals surface area contributed by atoms with E-state index in [-0.39, 0.29) is 27.2 Å². The highest BCUT2D eigenvalue weighted by Crippen LogP contribution is 2.29. The quantitative estimate of drug-likeness (QED) is 0.434. The molecule has 1 N–H and O–H groups in total. The molecule has 0 aliphatic carbocycles. The number of nitrogens with zero attached hydrogens (tertiary/aromatic N) is 1. The smallest absolute Gasteiger partial charge is 0.344 e. The largest absolute Gasteiger partial charge is 0.475 e. The minimum absolute atomic E-state index is 0.0791. The second-order valence-electron chi connectivity index (χ2n) is 4.82. The van der Waals surface area contributed by atoms with E-state index in [1.807, 2.05) is 0 Å². The van der Waals surface area contributed by atoms with Gasteiger partial charge in [-0.05, 0) is 18.2 Å². The number of carbonyl (C=O) groups excluding carboxylic acids is 2. The molecule has 26 heavy (non-hydrogen) atoms. The molecule has 2 rings (SSSR count). The number of halogens is 2. The van der Waals surface area contributed by atoms with Crippen molar-refractivity contribution in [1.82, 2.24) is 0 Å². The van der Waals surface area contributed by atoms with Crippen LogP contribution >= 0.6 is 23.2 Å². The Balaban J connectivity index is 1.83. The third-order valence-corrected chi connectivity index (χ3v) is 3.82. The lowest BCUT2D eigenvalue weighted by atomic mass is 10.3. The second-order valence-corrected chi connectivity index (χ2v) is 5.61. The van der Waals surface area contributed by atoms with Crippen molar-refractivity contribution in [2.45, 2.75) is 0 Å². The number of rotatable bonds is 7. The van der Waals surface area contributed by atoms with Crippen LogP contribution in [0.5, 0.6) is 5.75 Å². The summed E-state index contributed by atoms with van der Waals surface area (Å²) in [6.45, 7) is -1.17. The zero-order valence-electron chi connectivity index (χ0n) is 13.1. The van der Waals surface area contributed by atoms with Gasteiger partial charge in [0.25, 0.3) is 5.91 Å². The molecule has 2 aromatic rings. The number of anilines is 1. The van der Waals surface area contributed by atoms with Crippen molar-refractivity contribution >= 4 is 46.5 Å². The second kappa shape index (κ2) is 9.02. The van der Waals surface area contributed by atoms with Gasteiger partial charge < -0.3 is 14.8 Å². The lowest BCUT2D eigenvalue weighted by molar-refractivity contribution is -0.385. The number of ether oxygens (including phenoxy) is 2. The van der Waals surface area contributed by atoms with E-state index >= 15 is 0 Å². The zero-order chi connectivity index (χ0) is 19.1. The Morgan fingerprint density at radius 3 is 2.54 bits per heavy atom. The maximum atomic E-state index is 11.8. The molecule has 1 amide bonds. The first-order chi connectivity index (χ1) is 12.4. The lowest BCUT2D eigenvalue weighted by Crippen LogP contribution is -2.23. The van der Waals surface area contributed by atoms with Gasteiger partial charge in [0.15, 0.2) is 19.0 Å². The Hall–Kier alpha value is -2.84. The third kappa shape index (κ3) is 5.33. The maximum absolute atomic E-state index is 11.8. The van der Waals surface area contributed by atoms with Gasteiger partial charge in [0, 0.05) is 6.07 Å². The number of hydrogen-bond donors (Lipinski definition) is 1. The fraction of sp³-hybridized carbons (Fsp3) is 0.125. The number of amides is 1. The molecule has 0 unspecified atom stereocenters. The van der Waals surface area contributed by atoms with Crippen LogP contribution in [0.2, 0.25) is 10.0 Å². The predicted octanol–water partition coefficient (Wildman–Crippen LogP) is 3.46. The molecule has 0 aliphatic heterocycles. The van der Waals surface area contributed by atoms with Gasteiger partial charge in [0.2, 0.25) is 0 Å². The molecule has 0 aliphatic rings. The monoisotopic (exact) mass is 398 g/mol. The lowest BCUT2D eigenvalue weighted by Gasteiger charge is -2.09. The summed E-state index contributed by atoms with van der Waals surface area (Å²) in [5.74, 6) is -1.58. The molecular weight excluding hydrogens is 387 g/mol. The molecule has 0 radical (unpaired) electrons. The van der Waals surface area contributed by atoms with Gasteiger partial charge in [-0.25, -0.2) is 4.79 Å². The number of carbonyl (C=O) groups is 2. The number of nitro groups is 1. The van der Waals surface area contributed by atoms with Crippen LogP contribution in [0.3, 0.4) is 0 Å². The van der Waals surface area contributed by atoms with Crippen LogP contribution in [0.15, 0.2) is 42.5 Å². The molecule has 0 bridgehead atoms. The topological polar surface area (TPSA) is 108 Å². The predicted molar refractivity (Wildman–Crippen MR) is 94.6 cm³/mol. The van der Waals surface area contributed by atoms with Crippen molar-refractivity contribution in [2.75, 3.05) is 18.5 Å². The SMILES string of the molecule is O=C(COC(=O)COc1ccccc1[N+](=O)[O-])Nc1cccc(Cl)c1Cl. The first-order valence-electron chi connectivity index (χ1n) is 7.14. The molecule has 136 valence electrons. The van der Waals surface area contributed by atoms with E-state index in [1.165, 1.54) is 30.3 Å². The van der Waals surface area contributed by atoms with Crippen molar-refractivity contribution in [1.29, 1.82) is 0 Å². The average Bonchev–Trinajstić information content (AvgIpc) is 2.62. The van der Waals surface area contributed by atoms with Crippen LogP contribution in [0, 0.1) is 10.1 Å². The first kappa shape index (κ1) is 19.5. The van der Waals surface area contributed by atoms with Crippen LogP contribution in [-0.2, 0) is 14.3 Å². The Kier molecular flexibility index (Phi) is 6.76. The molecular formula is C16H12Cl2N2O6. The van der Waals surface area contributed by atoms with Gasteiger partial charge >= 0.3 is 11.7 Å². The summed E-state index contributed by atoms with van der Waals surface area (Å²) in [6, 6.07) is 10.3. The van der Waals surface area contributed by atoms with E-state index in [2.05, 4.69) is 5.32 Å². The fourth-order valence-electron chi connectivity index (χ4n) is 1.84. The average molecular weight is 399 g/mol. The molecule has 0 fully saturated rings. The summed E-state index contributed by atoms with van der Waals surface area (Å²) in [6.07, 6.45) is 0. The minimum atomic E-state index is -0.865. The zero-order valence-corrected chi connectivity index (χ0v) is 14.6. The Morgan fingerprint density at radius 1 is 1.08 bits per heavy atom. The summed E-state index contributed by atoms with van der Waals surface area (Å²) in [7, 11) is 0. The highest BCUT2D eigenvalue weighted by Gasteiger charge is 2.16. The number of nitrogens with one attached hydrogen (secondary N) is 1. The molecule has 0 heterocycles. The van der Waals surface area contributed by atoms with E-state index in [0.717, 1.165) is 0 Å². The third-order valence-electron chi connectivity index (χ3n) is 3.00. The van der Waals surface area contributed by atoms with Gasteiger partial charge in [0.05, 0.1) is 20.7 Å². The number of esters is 1. The van der Waals surface area contributed by atoms with Crippen molar-refractivity contribution in [3.05, 3.63) is 62.6 Å². The van der Waals surface area contributed by atoms with Crippen LogP contribution in [-0.4, -0.2) is 30.0 Å². The van der Waals surface area contributed by atoms with Gasteiger partial charge in [-0.1, -0.05) is 41.4 Å². The number of para-hydroxylation sites is 2. The van der Waals surface area contributed by atoms with Gasteiger partial charge in [-0.2, -0.15) is 0 Å². The number of nitro benzene ring substituents is 1. The molecule has 0 aromatic heterocycles. The van der Waals surface area contributed by atoms with Crippen LogP contribution < -0.4 is 10.1 Å². The van der Waals surface area contributed by atoms with Crippen molar-refractivity contribution in [2.24, 2.45) is 0 Å². The van der Waals surface area contributed by atoms with Crippen LogP contribution in [0.4, 0.5) is 11.4 Å². The molecule has 0 atom stereocenters. The Labute approximate surface area is 157 Å². The molecule has 8 nitrogen and oxygen atoms in total. The van der Waals surface area contributed by atoms with Crippen molar-refractivity contribution < 1.29 is 24.0 Å². The minimum Gasteiger partial charge on any atom is -0.475 e. The van der Waals surface area contributed by atoms with E-state index in [1.54, 1.807) is 12.1 Å². The highest BCUT2D eigenvalue weighted by molar-refractivity contribution is 6.44. The van der Waals surface area contributed by atoms with Crippen molar-refractivity contribution in [3.8, 4) is 5.75 Å². The molecule has 10 heteroatoms. The van der Waals surface area contributed by atoms with Crippen LogP contribution in [0.1, 0.15) is 0 Å². The first-order valence-corrected chi connectivity index (χ1v) is 7.89. The summed E-state index contributed by atoms with van der Waals surface area (Å²) in [5, 5.41) is 13.7. The summed E-state index contributed by atoms with van der Waals surface area (Å²) in [5.41, 5.74) is -0.00924. The van der Waals surface area contributed by atoms with E-state index < -0.39 is 30.0 Å². The maximum Gasteiger partial charge on any atom is 0.344 e. The van der Waals surface area contributed by atoms with Crippen LogP contribution in [0.25, 0.3) is 0 Å². The van der Waals surface area contributed by atoms with Gasteiger partial charge in [-0.3, -0.25) is 14.9 Å². The van der Waals surface area contributed by atoms with E-state index in [0.29, 0.717) is 0 Å². The van der Waals surface area contributed by atoms with Gasteiger partial charge in [-0.15, -0.1) is 0 Å². The van der Waals surface area contributed by atoms with Gasteiger partial charge in [0.1, 0.15) is 0 Å².